The molecular weight excluding hydrogens is 562 g/mol. The first kappa shape index (κ1) is 30.2. The molecule has 0 bridgehead atoms. The molecule has 42 heavy (non-hydrogen) atoms. The second kappa shape index (κ2) is 12.4. The average molecular weight is 594 g/mol. The van der Waals surface area contributed by atoms with Gasteiger partial charge in [0.05, 0.1) is 17.7 Å². The van der Waals surface area contributed by atoms with Crippen molar-refractivity contribution in [3.8, 4) is 23.1 Å². The Hall–Kier alpha value is -4.75. The van der Waals surface area contributed by atoms with Crippen LogP contribution in [0.25, 0.3) is 5.69 Å². The minimum absolute atomic E-state index is 0.0337. The fourth-order valence-electron chi connectivity index (χ4n) is 4.05. The van der Waals surface area contributed by atoms with Gasteiger partial charge in [-0.25, -0.2) is 13.1 Å². The molecule has 0 aliphatic carbocycles. The van der Waals surface area contributed by atoms with Gasteiger partial charge in [-0.15, -0.1) is 0 Å². The number of aryl methyl sites for hydroxylation is 1. The number of nitrogens with one attached hydrogen (secondary N) is 2. The molecule has 3 aromatic carbocycles. The summed E-state index contributed by atoms with van der Waals surface area (Å²) in [6.45, 7) is 7.00. The number of aromatic nitrogens is 2. The highest BCUT2D eigenvalue weighted by Gasteiger charge is 2.28. The van der Waals surface area contributed by atoms with Gasteiger partial charge in [-0.2, -0.15) is 9.78 Å². The monoisotopic (exact) mass is 593 g/mol. The maximum absolute atomic E-state index is 13.4. The molecule has 4 aromatic rings. The van der Waals surface area contributed by atoms with E-state index in [2.05, 4.69) is 15.1 Å². The third kappa shape index (κ3) is 6.58. The number of benzene rings is 3. The number of hydrogen-bond acceptors (Lipinski definition) is 8. The van der Waals surface area contributed by atoms with Crippen molar-refractivity contribution >= 4 is 27.3 Å². The lowest BCUT2D eigenvalue weighted by Gasteiger charge is -2.16. The van der Waals surface area contributed by atoms with Crippen LogP contribution in [0.5, 0.6) is 17.4 Å². The van der Waals surface area contributed by atoms with Crippen LogP contribution >= 0.6 is 0 Å². The van der Waals surface area contributed by atoms with Gasteiger partial charge in [0.1, 0.15) is 16.4 Å². The minimum atomic E-state index is -4.24. The SMILES string of the molecule is CC[C@@H](C)NS(=O)(=O)c1cc([N+](=O)[O-])ccc1Oc1c(C)c(C(=O)Nc2cccc(C)c2)nn1-c1ccc(OC)cc1. The molecule has 1 heterocycles. The molecule has 1 amide bonds. The van der Waals surface area contributed by atoms with E-state index in [1.807, 2.05) is 25.1 Å². The molecule has 13 heteroatoms. The van der Waals surface area contributed by atoms with E-state index >= 15 is 0 Å². The summed E-state index contributed by atoms with van der Waals surface area (Å²) >= 11 is 0. The molecule has 0 saturated carbocycles. The number of methoxy groups -OCH3 is 1. The van der Waals surface area contributed by atoms with E-state index < -0.39 is 37.5 Å². The van der Waals surface area contributed by atoms with E-state index in [9.17, 15) is 23.3 Å². The van der Waals surface area contributed by atoms with E-state index in [4.69, 9.17) is 9.47 Å². The van der Waals surface area contributed by atoms with Crippen LogP contribution in [-0.4, -0.2) is 42.2 Å². The molecule has 4 rings (SSSR count). The fourth-order valence-corrected chi connectivity index (χ4v) is 5.52. The predicted molar refractivity (Wildman–Crippen MR) is 157 cm³/mol. The molecule has 1 atom stereocenters. The third-order valence-corrected chi connectivity index (χ3v) is 8.09. The second-order valence-corrected chi connectivity index (χ2v) is 11.3. The molecule has 12 nitrogen and oxygen atoms in total. The summed E-state index contributed by atoms with van der Waals surface area (Å²) in [5.74, 6) is -0.0595. The van der Waals surface area contributed by atoms with Gasteiger partial charge in [0, 0.05) is 29.4 Å². The lowest BCUT2D eigenvalue weighted by molar-refractivity contribution is -0.385. The zero-order chi connectivity index (χ0) is 30.6. The molecule has 0 aliphatic heterocycles. The van der Waals surface area contributed by atoms with E-state index in [0.29, 0.717) is 29.1 Å². The molecule has 2 N–H and O–H groups in total. The Bertz CT molecular complexity index is 1730. The van der Waals surface area contributed by atoms with Gasteiger partial charge < -0.3 is 14.8 Å². The molecule has 0 spiro atoms. The summed E-state index contributed by atoms with van der Waals surface area (Å²) in [6, 6.07) is 16.9. The topological polar surface area (TPSA) is 155 Å². The highest BCUT2D eigenvalue weighted by atomic mass is 32.2. The summed E-state index contributed by atoms with van der Waals surface area (Å²) in [4.78, 5) is 23.7. The Morgan fingerprint density at radius 2 is 1.81 bits per heavy atom. The number of hydrogen-bond donors (Lipinski definition) is 2. The van der Waals surface area contributed by atoms with Gasteiger partial charge in [-0.1, -0.05) is 19.1 Å². The van der Waals surface area contributed by atoms with Crippen LogP contribution < -0.4 is 19.5 Å². The van der Waals surface area contributed by atoms with Gasteiger partial charge in [0.15, 0.2) is 5.69 Å². The van der Waals surface area contributed by atoms with Crippen LogP contribution in [0.15, 0.2) is 71.6 Å². The Balaban J connectivity index is 1.85. The molecular formula is C29H31N5O7S. The summed E-state index contributed by atoms with van der Waals surface area (Å²) < 4.78 is 41.9. The number of nitrogens with zero attached hydrogens (tertiary/aromatic N) is 3. The number of carbonyl (C=O) groups excluding carboxylic acids is 1. The van der Waals surface area contributed by atoms with Gasteiger partial charge >= 0.3 is 0 Å². The second-order valence-electron chi connectivity index (χ2n) is 9.63. The number of sulfonamides is 1. The van der Waals surface area contributed by atoms with Gasteiger partial charge in [0.25, 0.3) is 11.6 Å². The molecule has 0 radical (unpaired) electrons. The number of carbonyl (C=O) groups is 1. The van der Waals surface area contributed by atoms with Crippen LogP contribution in [0.3, 0.4) is 0 Å². The normalized spacial score (nSPS) is 12.0. The Morgan fingerprint density at radius 3 is 2.43 bits per heavy atom. The van der Waals surface area contributed by atoms with Crippen molar-refractivity contribution in [3.63, 3.8) is 0 Å². The van der Waals surface area contributed by atoms with Gasteiger partial charge in [-0.3, -0.25) is 14.9 Å². The standard InChI is InChI=1S/C29H31N5O7S/c1-6-19(3)32-42(38,39)26-17-23(34(36)37)12-15-25(26)41-29-20(4)27(28(35)30-21-9-7-8-18(2)16-21)31-33(29)22-10-13-24(40-5)14-11-22/h7-17,19,32H,6H2,1-5H3,(H,30,35)/t19-/m1/s1. The molecule has 0 aliphatic rings. The van der Waals surface area contributed by atoms with Crippen molar-refractivity contribution in [1.82, 2.24) is 14.5 Å². The number of anilines is 1. The number of amides is 1. The van der Waals surface area contributed by atoms with Crippen LogP contribution in [0.1, 0.15) is 41.9 Å². The van der Waals surface area contributed by atoms with Crippen molar-refractivity contribution in [2.24, 2.45) is 0 Å². The first-order valence-electron chi connectivity index (χ1n) is 13.0. The van der Waals surface area contributed by atoms with Crippen LogP contribution in [0.4, 0.5) is 11.4 Å². The average Bonchev–Trinajstić information content (AvgIpc) is 3.28. The van der Waals surface area contributed by atoms with Gasteiger partial charge in [-0.05, 0) is 75.2 Å². The van der Waals surface area contributed by atoms with Crippen LogP contribution in [0.2, 0.25) is 0 Å². The van der Waals surface area contributed by atoms with Gasteiger partial charge in [0.2, 0.25) is 15.9 Å². The third-order valence-electron chi connectivity index (χ3n) is 6.48. The smallest absolute Gasteiger partial charge is 0.276 e. The highest BCUT2D eigenvalue weighted by Crippen LogP contribution is 2.36. The number of nitro groups is 1. The molecule has 220 valence electrons. The molecule has 0 unspecified atom stereocenters. The number of nitro benzene ring substituents is 1. The number of rotatable bonds is 11. The maximum atomic E-state index is 13.4. The zero-order valence-electron chi connectivity index (χ0n) is 23.7. The van der Waals surface area contributed by atoms with E-state index in [-0.39, 0.29) is 17.3 Å². The highest BCUT2D eigenvalue weighted by molar-refractivity contribution is 7.89. The Morgan fingerprint density at radius 1 is 1.10 bits per heavy atom. The largest absolute Gasteiger partial charge is 0.497 e. The quantitative estimate of drug-likeness (QED) is 0.170. The van der Waals surface area contributed by atoms with E-state index in [1.165, 1.54) is 17.9 Å². The Labute approximate surface area is 243 Å². The summed E-state index contributed by atoms with van der Waals surface area (Å²) in [5, 5.41) is 18.8. The summed E-state index contributed by atoms with van der Waals surface area (Å²) in [7, 11) is -2.71. The summed E-state index contributed by atoms with van der Waals surface area (Å²) in [6.07, 6.45) is 0.493. The van der Waals surface area contributed by atoms with Crippen molar-refractivity contribution in [3.05, 3.63) is 93.7 Å². The Kier molecular flexibility index (Phi) is 8.93. The molecule has 0 fully saturated rings. The first-order valence-corrected chi connectivity index (χ1v) is 14.5. The lowest BCUT2D eigenvalue weighted by Crippen LogP contribution is -2.32. The maximum Gasteiger partial charge on any atom is 0.276 e. The van der Waals surface area contributed by atoms with Crippen molar-refractivity contribution in [1.29, 1.82) is 0 Å². The van der Waals surface area contributed by atoms with E-state index in [0.717, 1.165) is 17.7 Å². The number of non-ortho nitro benzene ring substituents is 1. The number of ether oxygens (including phenoxy) is 2. The van der Waals surface area contributed by atoms with Crippen molar-refractivity contribution < 1.29 is 27.6 Å². The van der Waals surface area contributed by atoms with Crippen molar-refractivity contribution in [2.45, 2.75) is 45.1 Å². The van der Waals surface area contributed by atoms with Crippen LogP contribution in [0, 0.1) is 24.0 Å². The fraction of sp³-hybridized carbons (Fsp3) is 0.241. The lowest BCUT2D eigenvalue weighted by atomic mass is 10.2. The minimum Gasteiger partial charge on any atom is -0.497 e. The zero-order valence-corrected chi connectivity index (χ0v) is 24.6. The van der Waals surface area contributed by atoms with Crippen LogP contribution in [-0.2, 0) is 10.0 Å². The molecule has 1 aromatic heterocycles. The predicted octanol–water partition coefficient (Wildman–Crippen LogP) is 5.53. The van der Waals surface area contributed by atoms with Crippen molar-refractivity contribution in [2.75, 3.05) is 12.4 Å². The van der Waals surface area contributed by atoms with E-state index in [1.54, 1.807) is 51.1 Å². The molecule has 0 saturated heterocycles. The first-order chi connectivity index (χ1) is 19.9. The summed E-state index contributed by atoms with van der Waals surface area (Å²) in [5.41, 5.74) is 1.94.